The normalized spacial score (nSPS) is 22.5. The van der Waals surface area contributed by atoms with E-state index in [1.54, 1.807) is 7.11 Å². The van der Waals surface area contributed by atoms with Crippen molar-refractivity contribution in [3.63, 3.8) is 0 Å². The van der Waals surface area contributed by atoms with Crippen molar-refractivity contribution in [3.8, 4) is 0 Å². The first-order valence-electron chi connectivity index (χ1n) is 6.44. The minimum absolute atomic E-state index is 0.0365. The molecule has 2 N–H and O–H groups in total. The quantitative estimate of drug-likeness (QED) is 0.893. The highest BCUT2D eigenvalue weighted by Gasteiger charge is 2.29. The molecule has 19 heavy (non-hydrogen) atoms. The molecule has 0 bridgehead atoms. The van der Waals surface area contributed by atoms with E-state index in [1.807, 2.05) is 25.1 Å². The minimum Gasteiger partial charge on any atom is -0.380 e. The van der Waals surface area contributed by atoms with E-state index in [9.17, 15) is 4.79 Å². The summed E-state index contributed by atoms with van der Waals surface area (Å²) in [5.74, 6) is 0.113. The summed E-state index contributed by atoms with van der Waals surface area (Å²) >= 11 is 3.49. The van der Waals surface area contributed by atoms with E-state index in [4.69, 9.17) is 4.74 Å². The molecule has 0 aromatic heterocycles. The molecule has 1 aliphatic rings. The Bertz CT molecular complexity index is 465. The number of hydrogen-bond donors (Lipinski definition) is 2. The maximum Gasteiger partial charge on any atom is 0.229 e. The zero-order valence-electron chi connectivity index (χ0n) is 11.2. The molecule has 104 valence electrons. The van der Waals surface area contributed by atoms with Gasteiger partial charge < -0.3 is 15.4 Å². The summed E-state index contributed by atoms with van der Waals surface area (Å²) < 4.78 is 6.13. The summed E-state index contributed by atoms with van der Waals surface area (Å²) in [5, 5.41) is 6.31. The van der Waals surface area contributed by atoms with Crippen molar-refractivity contribution in [2.75, 3.05) is 19.0 Å². The van der Waals surface area contributed by atoms with Gasteiger partial charge in [-0.15, -0.1) is 0 Å². The van der Waals surface area contributed by atoms with E-state index in [0.29, 0.717) is 6.61 Å². The van der Waals surface area contributed by atoms with Crippen molar-refractivity contribution >= 4 is 27.5 Å². The van der Waals surface area contributed by atoms with Crippen molar-refractivity contribution in [3.05, 3.63) is 28.2 Å². The minimum atomic E-state index is 0.0365. The Morgan fingerprint density at radius 3 is 3.00 bits per heavy atom. The van der Waals surface area contributed by atoms with Crippen LogP contribution in [-0.4, -0.2) is 25.6 Å². The van der Waals surface area contributed by atoms with Crippen LogP contribution in [0.4, 0.5) is 5.69 Å². The van der Waals surface area contributed by atoms with Gasteiger partial charge in [0.25, 0.3) is 0 Å². The van der Waals surface area contributed by atoms with Gasteiger partial charge in [0.15, 0.2) is 0 Å². The molecule has 1 aromatic carbocycles. The van der Waals surface area contributed by atoms with Crippen molar-refractivity contribution in [1.29, 1.82) is 0 Å². The van der Waals surface area contributed by atoms with Crippen LogP contribution in [-0.2, 0) is 16.1 Å². The molecule has 0 aliphatic carbocycles. The second-order valence-corrected chi connectivity index (χ2v) is 5.68. The zero-order chi connectivity index (χ0) is 13.8. The average molecular weight is 327 g/mol. The molecular formula is C14H19BrN2O2. The smallest absolute Gasteiger partial charge is 0.229 e. The molecular weight excluding hydrogens is 308 g/mol. The second-order valence-electron chi connectivity index (χ2n) is 4.83. The van der Waals surface area contributed by atoms with Crippen LogP contribution in [0.2, 0.25) is 0 Å². The van der Waals surface area contributed by atoms with Crippen LogP contribution in [0.3, 0.4) is 0 Å². The Morgan fingerprint density at radius 2 is 2.37 bits per heavy atom. The number of carbonyl (C=O) groups excluding carboxylic acids is 1. The molecule has 0 saturated carbocycles. The highest BCUT2D eigenvalue weighted by Crippen LogP contribution is 2.27. The predicted octanol–water partition coefficient (Wildman–Crippen LogP) is 2.53. The number of carbonyl (C=O) groups is 1. The molecule has 1 amide bonds. The lowest BCUT2D eigenvalue weighted by molar-refractivity contribution is -0.120. The van der Waals surface area contributed by atoms with E-state index in [2.05, 4.69) is 26.6 Å². The van der Waals surface area contributed by atoms with Gasteiger partial charge >= 0.3 is 0 Å². The summed E-state index contributed by atoms with van der Waals surface area (Å²) in [6.45, 7) is 3.42. The van der Waals surface area contributed by atoms with E-state index < -0.39 is 0 Å². The van der Waals surface area contributed by atoms with Crippen molar-refractivity contribution in [2.45, 2.75) is 26.0 Å². The van der Waals surface area contributed by atoms with E-state index >= 15 is 0 Å². The summed E-state index contributed by atoms with van der Waals surface area (Å²) in [6, 6.07) is 6.00. The number of amides is 1. The monoisotopic (exact) mass is 326 g/mol. The van der Waals surface area contributed by atoms with Gasteiger partial charge in [-0.25, -0.2) is 0 Å². The standard InChI is InChI=1S/C14H19BrN2O2/c1-9-10(6-7-16-9)14(18)17-13-5-3-4-12(15)11(13)8-19-2/h3-5,9-10,16H,6-8H2,1-2H3,(H,17,18). The van der Waals surface area contributed by atoms with Crippen LogP contribution >= 0.6 is 15.9 Å². The molecule has 0 spiro atoms. The SMILES string of the molecule is COCc1c(Br)cccc1NC(=O)C1CCNC1C. The van der Waals surface area contributed by atoms with Crippen molar-refractivity contribution in [1.82, 2.24) is 5.32 Å². The number of methoxy groups -OCH3 is 1. The van der Waals surface area contributed by atoms with Crippen LogP contribution in [0.25, 0.3) is 0 Å². The largest absolute Gasteiger partial charge is 0.380 e. The van der Waals surface area contributed by atoms with Gasteiger partial charge in [-0.3, -0.25) is 4.79 Å². The molecule has 5 heteroatoms. The molecule has 1 aliphatic heterocycles. The first-order valence-corrected chi connectivity index (χ1v) is 7.23. The molecule has 2 rings (SSSR count). The van der Waals surface area contributed by atoms with E-state index in [0.717, 1.165) is 28.7 Å². The second kappa shape index (κ2) is 6.50. The molecule has 1 heterocycles. The molecule has 0 radical (unpaired) electrons. The van der Waals surface area contributed by atoms with Crippen molar-refractivity contribution < 1.29 is 9.53 Å². The van der Waals surface area contributed by atoms with Crippen LogP contribution < -0.4 is 10.6 Å². The van der Waals surface area contributed by atoms with Gasteiger partial charge in [-0.05, 0) is 32.0 Å². The Hall–Kier alpha value is -0.910. The Kier molecular flexibility index (Phi) is 4.96. The third-order valence-corrected chi connectivity index (χ3v) is 4.27. The van der Waals surface area contributed by atoms with Crippen molar-refractivity contribution in [2.24, 2.45) is 5.92 Å². The molecule has 2 unspecified atom stereocenters. The Labute approximate surface area is 122 Å². The Balaban J connectivity index is 2.14. The number of rotatable bonds is 4. The lowest BCUT2D eigenvalue weighted by Gasteiger charge is -2.17. The fourth-order valence-electron chi connectivity index (χ4n) is 2.41. The number of anilines is 1. The lowest BCUT2D eigenvalue weighted by Crippen LogP contribution is -2.32. The highest BCUT2D eigenvalue weighted by molar-refractivity contribution is 9.10. The predicted molar refractivity (Wildman–Crippen MR) is 79.1 cm³/mol. The van der Waals surface area contributed by atoms with Gasteiger partial charge in [0.2, 0.25) is 5.91 Å². The summed E-state index contributed by atoms with van der Waals surface area (Å²) in [6.07, 6.45) is 0.889. The third kappa shape index (κ3) is 3.35. The fraction of sp³-hybridized carbons (Fsp3) is 0.500. The number of halogens is 1. The van der Waals surface area contributed by atoms with Gasteiger partial charge in [-0.1, -0.05) is 22.0 Å². The maximum atomic E-state index is 12.3. The maximum absolute atomic E-state index is 12.3. The van der Waals surface area contributed by atoms with Crippen LogP contribution in [0, 0.1) is 5.92 Å². The first kappa shape index (κ1) is 14.5. The van der Waals surface area contributed by atoms with Gasteiger partial charge in [0.1, 0.15) is 0 Å². The number of ether oxygens (including phenoxy) is 1. The van der Waals surface area contributed by atoms with Crippen LogP contribution in [0.15, 0.2) is 22.7 Å². The van der Waals surface area contributed by atoms with Gasteiger partial charge in [0.05, 0.1) is 12.5 Å². The molecule has 2 atom stereocenters. The lowest BCUT2D eigenvalue weighted by atomic mass is 10.0. The number of hydrogen-bond acceptors (Lipinski definition) is 3. The molecule has 1 fully saturated rings. The topological polar surface area (TPSA) is 50.4 Å². The Morgan fingerprint density at radius 1 is 1.58 bits per heavy atom. The molecule has 1 aromatic rings. The summed E-state index contributed by atoms with van der Waals surface area (Å²) in [5.41, 5.74) is 1.79. The van der Waals surface area contributed by atoms with Crippen LogP contribution in [0.5, 0.6) is 0 Å². The third-order valence-electron chi connectivity index (χ3n) is 3.53. The van der Waals surface area contributed by atoms with Gasteiger partial charge in [-0.2, -0.15) is 0 Å². The first-order chi connectivity index (χ1) is 9.13. The average Bonchev–Trinajstić information content (AvgIpc) is 2.80. The fourth-order valence-corrected chi connectivity index (χ4v) is 2.89. The summed E-state index contributed by atoms with van der Waals surface area (Å²) in [4.78, 5) is 12.3. The number of nitrogens with one attached hydrogen (secondary N) is 2. The molecule has 1 saturated heterocycles. The van der Waals surface area contributed by atoms with Gasteiger partial charge in [0, 0.05) is 28.9 Å². The van der Waals surface area contributed by atoms with E-state index in [1.165, 1.54) is 0 Å². The van der Waals surface area contributed by atoms with Crippen LogP contribution in [0.1, 0.15) is 18.9 Å². The highest BCUT2D eigenvalue weighted by atomic mass is 79.9. The zero-order valence-corrected chi connectivity index (χ0v) is 12.8. The van der Waals surface area contributed by atoms with E-state index in [-0.39, 0.29) is 17.9 Å². The number of benzene rings is 1. The molecule has 4 nitrogen and oxygen atoms in total. The summed E-state index contributed by atoms with van der Waals surface area (Å²) in [7, 11) is 1.65.